The molecular weight excluding hydrogens is 228 g/mol. The third kappa shape index (κ3) is 3.03. The van der Waals surface area contributed by atoms with Gasteiger partial charge in [0.1, 0.15) is 11.5 Å². The summed E-state index contributed by atoms with van der Waals surface area (Å²) >= 11 is 0. The third-order valence-electron chi connectivity index (χ3n) is 2.24. The molecule has 2 aromatic carbocycles. The molecule has 0 aromatic heterocycles. The largest absolute Gasteiger partial charge is 0.509 e. The highest BCUT2D eigenvalue weighted by Crippen LogP contribution is 2.20. The molecule has 0 aliphatic heterocycles. The molecule has 0 amide bonds. The predicted molar refractivity (Wildman–Crippen MR) is 61.7 cm³/mol. The number of hydrogen-bond donors (Lipinski definition) is 0. The molecule has 2 aromatic rings. The molecule has 0 spiro atoms. The number of benzene rings is 2. The molecule has 0 saturated carbocycles. The molecule has 0 aliphatic carbocycles. The zero-order chi connectivity index (χ0) is 12.3. The van der Waals surface area contributed by atoms with Gasteiger partial charge in [0, 0.05) is 0 Å². The topological polar surface area (TPSA) is 9.23 Å². The van der Waals surface area contributed by atoms with Crippen LogP contribution in [0.3, 0.4) is 0 Å². The van der Waals surface area contributed by atoms with Crippen molar-refractivity contribution >= 4 is 12.4 Å². The molecule has 2 rings (SSSR count). The van der Waals surface area contributed by atoms with Crippen LogP contribution in [0.2, 0.25) is 0 Å². The number of para-hydroxylation sites is 1. The minimum atomic E-state index is -4.94. The molecule has 0 fully saturated rings. The number of halogens is 3. The summed E-state index contributed by atoms with van der Waals surface area (Å²) in [5.41, 5.74) is -0.620. The predicted octanol–water partition coefficient (Wildman–Crippen LogP) is 3.53. The van der Waals surface area contributed by atoms with E-state index in [1.165, 1.54) is 12.1 Å². The second-order valence-corrected chi connectivity index (χ2v) is 3.56. The average Bonchev–Trinajstić information content (AvgIpc) is 2.30. The van der Waals surface area contributed by atoms with Crippen molar-refractivity contribution in [2.24, 2.45) is 0 Å². The smallest absolute Gasteiger partial charge is 0.457 e. The quantitative estimate of drug-likeness (QED) is 0.742. The Morgan fingerprint density at radius 3 is 1.76 bits per heavy atom. The van der Waals surface area contributed by atoms with E-state index in [-0.39, 0.29) is 0 Å². The zero-order valence-corrected chi connectivity index (χ0v) is 8.82. The second kappa shape index (κ2) is 4.53. The zero-order valence-electron chi connectivity index (χ0n) is 8.82. The molecule has 0 unspecified atom stereocenters. The van der Waals surface area contributed by atoms with Gasteiger partial charge in [-0.05, 0) is 24.3 Å². The van der Waals surface area contributed by atoms with Crippen molar-refractivity contribution in [2.75, 3.05) is 0 Å². The van der Waals surface area contributed by atoms with Crippen LogP contribution in [0.15, 0.2) is 54.6 Å². The fourth-order valence-corrected chi connectivity index (χ4v) is 1.38. The van der Waals surface area contributed by atoms with Crippen LogP contribution < -0.4 is 10.2 Å². The molecule has 17 heavy (non-hydrogen) atoms. The van der Waals surface area contributed by atoms with E-state index in [2.05, 4.69) is 0 Å². The van der Waals surface area contributed by atoms with Crippen molar-refractivity contribution in [1.29, 1.82) is 0 Å². The molecule has 0 N–H and O–H groups in total. The lowest BCUT2D eigenvalue weighted by Gasteiger charge is -2.15. The lowest BCUT2D eigenvalue weighted by atomic mass is 9.80. The van der Waals surface area contributed by atoms with Crippen molar-refractivity contribution < 1.29 is 17.7 Å². The van der Waals surface area contributed by atoms with E-state index in [4.69, 9.17) is 4.74 Å². The molecular formula is C12H9BF3O-. The summed E-state index contributed by atoms with van der Waals surface area (Å²) in [6.45, 7) is -4.94. The van der Waals surface area contributed by atoms with Crippen molar-refractivity contribution in [2.45, 2.75) is 0 Å². The highest BCUT2D eigenvalue weighted by atomic mass is 19.4. The van der Waals surface area contributed by atoms with Gasteiger partial charge in [-0.1, -0.05) is 30.3 Å². The Kier molecular flexibility index (Phi) is 3.09. The standard InChI is InChI=1S/C12H9BF3O/c14-13(15,16)10-6-8-12(9-7-10)17-11-4-2-1-3-5-11/h1-9H/q-1. The third-order valence-corrected chi connectivity index (χ3v) is 2.24. The minimum Gasteiger partial charge on any atom is -0.457 e. The molecule has 0 heterocycles. The van der Waals surface area contributed by atoms with Gasteiger partial charge in [-0.15, -0.1) is 5.46 Å². The van der Waals surface area contributed by atoms with Gasteiger partial charge in [0.25, 0.3) is 0 Å². The van der Waals surface area contributed by atoms with E-state index in [0.717, 1.165) is 12.1 Å². The molecule has 0 atom stereocenters. The number of hydrogen-bond acceptors (Lipinski definition) is 1. The van der Waals surface area contributed by atoms with Gasteiger partial charge in [-0.3, -0.25) is 0 Å². The van der Waals surface area contributed by atoms with Crippen molar-refractivity contribution in [3.05, 3.63) is 54.6 Å². The molecule has 1 nitrogen and oxygen atoms in total. The van der Waals surface area contributed by atoms with E-state index in [0.29, 0.717) is 11.5 Å². The van der Waals surface area contributed by atoms with E-state index in [1.54, 1.807) is 24.3 Å². The Hall–Kier alpha value is -1.91. The van der Waals surface area contributed by atoms with Gasteiger partial charge in [-0.25, -0.2) is 0 Å². The Bertz CT molecular complexity index is 479. The SMILES string of the molecule is F[B-](F)(F)c1ccc(Oc2ccccc2)cc1. The summed E-state index contributed by atoms with van der Waals surface area (Å²) in [5.74, 6) is 0.984. The summed E-state index contributed by atoms with van der Waals surface area (Å²) in [6.07, 6.45) is 0. The summed E-state index contributed by atoms with van der Waals surface area (Å²) in [5, 5.41) is 0. The molecule has 0 saturated heterocycles. The summed E-state index contributed by atoms with van der Waals surface area (Å²) in [4.78, 5) is 0. The summed E-state index contributed by atoms with van der Waals surface area (Å²) in [6, 6.07) is 13.6. The van der Waals surface area contributed by atoms with E-state index in [9.17, 15) is 12.9 Å². The summed E-state index contributed by atoms with van der Waals surface area (Å²) in [7, 11) is 0. The maximum Gasteiger partial charge on any atom is 0.509 e. The fraction of sp³-hybridized carbons (Fsp3) is 0. The Labute approximate surface area is 96.9 Å². The summed E-state index contributed by atoms with van der Waals surface area (Å²) < 4.78 is 42.5. The highest BCUT2D eigenvalue weighted by molar-refractivity contribution is 6.73. The van der Waals surface area contributed by atoms with Crippen LogP contribution in [-0.4, -0.2) is 6.98 Å². The maximum absolute atomic E-state index is 12.4. The number of rotatable bonds is 3. The maximum atomic E-state index is 12.4. The first kappa shape index (κ1) is 11.6. The van der Waals surface area contributed by atoms with Gasteiger partial charge >= 0.3 is 6.98 Å². The van der Waals surface area contributed by atoms with E-state index < -0.39 is 12.4 Å². The van der Waals surface area contributed by atoms with Gasteiger partial charge in [0.15, 0.2) is 0 Å². The van der Waals surface area contributed by atoms with Crippen molar-refractivity contribution in [1.82, 2.24) is 0 Å². The normalized spacial score (nSPS) is 11.2. The molecule has 5 heteroatoms. The van der Waals surface area contributed by atoms with E-state index in [1.807, 2.05) is 6.07 Å². The second-order valence-electron chi connectivity index (χ2n) is 3.56. The van der Waals surface area contributed by atoms with Crippen LogP contribution in [0.1, 0.15) is 0 Å². The molecule has 0 radical (unpaired) electrons. The lowest BCUT2D eigenvalue weighted by molar-refractivity contribution is 0.482. The molecule has 0 bridgehead atoms. The van der Waals surface area contributed by atoms with Crippen LogP contribution in [0.4, 0.5) is 12.9 Å². The highest BCUT2D eigenvalue weighted by Gasteiger charge is 2.24. The first-order chi connectivity index (χ1) is 8.05. The van der Waals surface area contributed by atoms with Crippen molar-refractivity contribution in [3.63, 3.8) is 0 Å². The fourth-order valence-electron chi connectivity index (χ4n) is 1.38. The Morgan fingerprint density at radius 2 is 1.24 bits per heavy atom. The van der Waals surface area contributed by atoms with Gasteiger partial charge in [0.2, 0.25) is 0 Å². The van der Waals surface area contributed by atoms with Gasteiger partial charge in [0.05, 0.1) is 0 Å². The first-order valence-electron chi connectivity index (χ1n) is 5.08. The van der Waals surface area contributed by atoms with Gasteiger partial charge in [-0.2, -0.15) is 0 Å². The number of ether oxygens (including phenoxy) is 1. The van der Waals surface area contributed by atoms with Crippen LogP contribution in [0.5, 0.6) is 11.5 Å². The van der Waals surface area contributed by atoms with Crippen LogP contribution in [0, 0.1) is 0 Å². The molecule has 88 valence electrons. The van der Waals surface area contributed by atoms with Crippen molar-refractivity contribution in [3.8, 4) is 11.5 Å². The van der Waals surface area contributed by atoms with Crippen LogP contribution in [-0.2, 0) is 0 Å². The monoisotopic (exact) mass is 237 g/mol. The first-order valence-corrected chi connectivity index (χ1v) is 5.08. The Morgan fingerprint density at radius 1 is 0.706 bits per heavy atom. The average molecular weight is 237 g/mol. The minimum absolute atomic E-state index is 0.389. The lowest BCUT2D eigenvalue weighted by Crippen LogP contribution is -2.33. The van der Waals surface area contributed by atoms with Crippen LogP contribution >= 0.6 is 0 Å². The van der Waals surface area contributed by atoms with Crippen LogP contribution in [0.25, 0.3) is 0 Å². The Balaban J connectivity index is 2.14. The molecule has 0 aliphatic rings. The van der Waals surface area contributed by atoms with Gasteiger partial charge < -0.3 is 17.7 Å². The van der Waals surface area contributed by atoms with E-state index >= 15 is 0 Å².